The molecule has 4 rings (SSSR count). The molecule has 1 aromatic carbocycles. The van der Waals surface area contributed by atoms with Gasteiger partial charge in [0.1, 0.15) is 5.82 Å². The quantitative estimate of drug-likeness (QED) is 0.605. The van der Waals surface area contributed by atoms with Gasteiger partial charge in [-0.1, -0.05) is 13.3 Å². The van der Waals surface area contributed by atoms with Crippen molar-refractivity contribution in [1.82, 2.24) is 19.8 Å². The molecule has 0 saturated carbocycles. The Balaban J connectivity index is 1.59. The molecule has 6 nitrogen and oxygen atoms in total. The zero-order valence-corrected chi connectivity index (χ0v) is 18.8. The topological polar surface area (TPSA) is 50.7 Å². The molecule has 0 N–H and O–H groups in total. The Morgan fingerprint density at radius 3 is 2.57 bits per heavy atom. The van der Waals surface area contributed by atoms with Gasteiger partial charge in [0, 0.05) is 24.4 Å². The molecule has 164 valence electrons. The summed E-state index contributed by atoms with van der Waals surface area (Å²) < 4.78 is 11.9. The molecule has 2 aliphatic heterocycles. The Bertz CT molecular complexity index is 851. The average Bonchev–Trinajstić information content (AvgIpc) is 3.29. The molecular weight excluding hydrogens is 376 g/mol. The van der Waals surface area contributed by atoms with E-state index in [9.17, 15) is 0 Å². The minimum atomic E-state index is 0.339. The van der Waals surface area contributed by atoms with Crippen LogP contribution in [-0.4, -0.2) is 66.7 Å². The van der Waals surface area contributed by atoms with Gasteiger partial charge in [-0.2, -0.15) is 0 Å². The van der Waals surface area contributed by atoms with E-state index in [0.717, 1.165) is 66.3 Å². The molecule has 1 atom stereocenters. The smallest absolute Gasteiger partial charge is 0.163 e. The zero-order valence-electron chi connectivity index (χ0n) is 18.8. The van der Waals surface area contributed by atoms with Gasteiger partial charge < -0.3 is 14.4 Å². The average molecular weight is 413 g/mol. The van der Waals surface area contributed by atoms with Crippen molar-refractivity contribution in [2.24, 2.45) is 0 Å². The van der Waals surface area contributed by atoms with Crippen LogP contribution < -0.4 is 9.47 Å². The van der Waals surface area contributed by atoms with Crippen LogP contribution in [0, 0.1) is 0 Å². The number of aryl methyl sites for hydroxylation is 1. The SMILES string of the molecule is CCc1nc(C2CCCCN2C)c2cc(OC)c(OCCCN3CCCC3)cc2n1. The number of methoxy groups -OCH3 is 1. The minimum Gasteiger partial charge on any atom is -0.493 e. The second kappa shape index (κ2) is 9.92. The Kier molecular flexibility index (Phi) is 7.05. The Hall–Kier alpha value is -1.92. The van der Waals surface area contributed by atoms with E-state index >= 15 is 0 Å². The van der Waals surface area contributed by atoms with E-state index < -0.39 is 0 Å². The molecule has 1 aromatic heterocycles. The number of piperidine rings is 1. The number of nitrogens with zero attached hydrogens (tertiary/aromatic N) is 4. The first-order valence-electron chi connectivity index (χ1n) is 11.6. The molecule has 3 heterocycles. The third-order valence-corrected chi connectivity index (χ3v) is 6.53. The monoisotopic (exact) mass is 412 g/mol. The van der Waals surface area contributed by atoms with Gasteiger partial charge in [-0.25, -0.2) is 9.97 Å². The van der Waals surface area contributed by atoms with Crippen molar-refractivity contribution in [3.05, 3.63) is 23.7 Å². The number of ether oxygens (including phenoxy) is 2. The summed E-state index contributed by atoms with van der Waals surface area (Å²) in [5, 5.41) is 1.09. The van der Waals surface area contributed by atoms with Gasteiger partial charge >= 0.3 is 0 Å². The van der Waals surface area contributed by atoms with Crippen molar-refractivity contribution < 1.29 is 9.47 Å². The first-order valence-corrected chi connectivity index (χ1v) is 11.6. The third-order valence-electron chi connectivity index (χ3n) is 6.53. The highest BCUT2D eigenvalue weighted by atomic mass is 16.5. The molecule has 2 aromatic rings. The summed E-state index contributed by atoms with van der Waals surface area (Å²) in [6, 6.07) is 4.48. The van der Waals surface area contributed by atoms with Gasteiger partial charge in [0.15, 0.2) is 11.5 Å². The van der Waals surface area contributed by atoms with Crippen molar-refractivity contribution in [3.8, 4) is 11.5 Å². The molecule has 30 heavy (non-hydrogen) atoms. The van der Waals surface area contributed by atoms with Crippen LogP contribution in [0.4, 0.5) is 0 Å². The van der Waals surface area contributed by atoms with Gasteiger partial charge in [0.05, 0.1) is 31.0 Å². The normalized spacial score (nSPS) is 20.7. The van der Waals surface area contributed by atoms with Crippen molar-refractivity contribution in [2.75, 3.05) is 46.9 Å². The summed E-state index contributed by atoms with van der Waals surface area (Å²) in [7, 11) is 3.92. The lowest BCUT2D eigenvalue weighted by molar-refractivity contribution is 0.184. The fraction of sp³-hybridized carbons (Fsp3) is 0.667. The van der Waals surface area contributed by atoms with Crippen LogP contribution in [0.1, 0.15) is 63.0 Å². The molecule has 1 unspecified atom stereocenters. The maximum Gasteiger partial charge on any atom is 0.163 e. The van der Waals surface area contributed by atoms with Crippen LogP contribution >= 0.6 is 0 Å². The van der Waals surface area contributed by atoms with Gasteiger partial charge in [-0.3, -0.25) is 4.90 Å². The summed E-state index contributed by atoms with van der Waals surface area (Å²) in [5.74, 6) is 2.47. The number of rotatable bonds is 8. The van der Waals surface area contributed by atoms with Crippen LogP contribution in [-0.2, 0) is 6.42 Å². The lowest BCUT2D eigenvalue weighted by Crippen LogP contribution is -2.30. The summed E-state index contributed by atoms with van der Waals surface area (Å²) in [5.41, 5.74) is 2.10. The van der Waals surface area contributed by atoms with Gasteiger partial charge in [-0.05, 0) is 64.9 Å². The van der Waals surface area contributed by atoms with E-state index in [2.05, 4.69) is 35.9 Å². The second-order valence-corrected chi connectivity index (χ2v) is 8.64. The molecule has 0 spiro atoms. The molecular formula is C24H36N4O2. The van der Waals surface area contributed by atoms with Crippen LogP contribution in [0.5, 0.6) is 11.5 Å². The van der Waals surface area contributed by atoms with E-state index in [1.165, 1.54) is 38.8 Å². The molecule has 0 radical (unpaired) electrons. The maximum atomic E-state index is 6.15. The predicted molar refractivity (Wildman–Crippen MR) is 120 cm³/mol. The highest BCUT2D eigenvalue weighted by Gasteiger charge is 2.25. The number of aromatic nitrogens is 2. The minimum absolute atomic E-state index is 0.339. The lowest BCUT2D eigenvalue weighted by atomic mass is 9.96. The van der Waals surface area contributed by atoms with Gasteiger partial charge in [0.2, 0.25) is 0 Å². The van der Waals surface area contributed by atoms with Crippen LogP contribution in [0.25, 0.3) is 10.9 Å². The van der Waals surface area contributed by atoms with Crippen molar-refractivity contribution in [3.63, 3.8) is 0 Å². The highest BCUT2D eigenvalue weighted by molar-refractivity contribution is 5.85. The number of hydrogen-bond acceptors (Lipinski definition) is 6. The summed E-state index contributed by atoms with van der Waals surface area (Å²) >= 11 is 0. The summed E-state index contributed by atoms with van der Waals surface area (Å²) in [4.78, 5) is 14.7. The van der Waals surface area contributed by atoms with Crippen molar-refractivity contribution in [1.29, 1.82) is 0 Å². The number of likely N-dealkylation sites (tertiary alicyclic amines) is 2. The first kappa shape index (κ1) is 21.3. The number of benzene rings is 1. The number of fused-ring (bicyclic) bond motifs is 1. The van der Waals surface area contributed by atoms with Gasteiger partial charge in [-0.15, -0.1) is 0 Å². The van der Waals surface area contributed by atoms with Crippen LogP contribution in [0.15, 0.2) is 12.1 Å². The zero-order chi connectivity index (χ0) is 20.9. The predicted octanol–water partition coefficient (Wildman–Crippen LogP) is 4.22. The Labute approximate surface area is 180 Å². The molecule has 0 aliphatic carbocycles. The maximum absolute atomic E-state index is 6.15. The summed E-state index contributed by atoms with van der Waals surface area (Å²) in [6.07, 6.45) is 8.17. The van der Waals surface area contributed by atoms with E-state index in [-0.39, 0.29) is 0 Å². The van der Waals surface area contributed by atoms with E-state index in [0.29, 0.717) is 12.6 Å². The molecule has 2 fully saturated rings. The molecule has 2 aliphatic rings. The van der Waals surface area contributed by atoms with E-state index in [1.807, 2.05) is 0 Å². The molecule has 6 heteroatoms. The Morgan fingerprint density at radius 2 is 1.83 bits per heavy atom. The largest absolute Gasteiger partial charge is 0.493 e. The highest BCUT2D eigenvalue weighted by Crippen LogP contribution is 2.37. The molecule has 0 bridgehead atoms. The standard InChI is InChI=1S/C24H36N4O2/c1-4-23-25-19-17-22(30-15-9-14-28-12-7-8-13-28)21(29-3)16-18(19)24(26-23)20-10-5-6-11-27(20)2/h16-17,20H,4-15H2,1-3H3. The fourth-order valence-electron chi connectivity index (χ4n) is 4.79. The molecule has 0 amide bonds. The number of hydrogen-bond donors (Lipinski definition) is 0. The van der Waals surface area contributed by atoms with Crippen molar-refractivity contribution in [2.45, 2.75) is 57.9 Å². The van der Waals surface area contributed by atoms with Crippen LogP contribution in [0.3, 0.4) is 0 Å². The van der Waals surface area contributed by atoms with E-state index in [1.54, 1.807) is 7.11 Å². The first-order chi connectivity index (χ1) is 14.7. The Morgan fingerprint density at radius 1 is 1.03 bits per heavy atom. The van der Waals surface area contributed by atoms with E-state index in [4.69, 9.17) is 19.4 Å². The lowest BCUT2D eigenvalue weighted by Gasteiger charge is -2.32. The van der Waals surface area contributed by atoms with Crippen LogP contribution in [0.2, 0.25) is 0 Å². The third kappa shape index (κ3) is 4.70. The second-order valence-electron chi connectivity index (χ2n) is 8.64. The van der Waals surface area contributed by atoms with Crippen molar-refractivity contribution >= 4 is 10.9 Å². The molecule has 2 saturated heterocycles. The summed E-state index contributed by atoms with van der Waals surface area (Å²) in [6.45, 7) is 7.50. The fourth-order valence-corrected chi connectivity index (χ4v) is 4.79. The van der Waals surface area contributed by atoms with Gasteiger partial charge in [0.25, 0.3) is 0 Å².